The molecule has 0 radical (unpaired) electrons. The van der Waals surface area contributed by atoms with Crippen molar-refractivity contribution in [3.63, 3.8) is 0 Å². The third-order valence-electron chi connectivity index (χ3n) is 3.83. The van der Waals surface area contributed by atoms with Gasteiger partial charge in [-0.2, -0.15) is 0 Å². The van der Waals surface area contributed by atoms with Crippen molar-refractivity contribution < 1.29 is 4.74 Å². The first-order chi connectivity index (χ1) is 9.36. The topological polar surface area (TPSA) is 21.3 Å². The standard InChI is InChI=1S/C17H19NO/c1-19-15-9-7-14-8-10-17(16(14)11-15)18-12-13-5-3-2-4-6-13/h2-7,9,11,17-18H,8,10,12H2,1H3. The van der Waals surface area contributed by atoms with E-state index < -0.39 is 0 Å². The van der Waals surface area contributed by atoms with Crippen molar-refractivity contribution in [2.24, 2.45) is 0 Å². The fraction of sp³-hybridized carbons (Fsp3) is 0.294. The molecule has 2 aromatic carbocycles. The largest absolute Gasteiger partial charge is 0.497 e. The fourth-order valence-electron chi connectivity index (χ4n) is 2.76. The number of ether oxygens (including phenoxy) is 1. The zero-order valence-electron chi connectivity index (χ0n) is 11.2. The maximum atomic E-state index is 5.32. The smallest absolute Gasteiger partial charge is 0.119 e. The van der Waals surface area contributed by atoms with Crippen LogP contribution >= 0.6 is 0 Å². The molecule has 1 aliphatic rings. The summed E-state index contributed by atoms with van der Waals surface area (Å²) in [6, 6.07) is 17.4. The van der Waals surface area contributed by atoms with Gasteiger partial charge in [-0.1, -0.05) is 36.4 Å². The molecule has 1 N–H and O–H groups in total. The second kappa shape index (κ2) is 5.45. The van der Waals surface area contributed by atoms with E-state index in [1.807, 2.05) is 0 Å². The van der Waals surface area contributed by atoms with Crippen molar-refractivity contribution in [3.05, 3.63) is 65.2 Å². The molecule has 0 bridgehead atoms. The molecular formula is C17H19NO. The zero-order chi connectivity index (χ0) is 13.1. The number of rotatable bonds is 4. The molecule has 1 atom stereocenters. The highest BCUT2D eigenvalue weighted by molar-refractivity contribution is 5.40. The van der Waals surface area contributed by atoms with Gasteiger partial charge >= 0.3 is 0 Å². The molecule has 1 unspecified atom stereocenters. The average Bonchev–Trinajstić information content (AvgIpc) is 2.88. The van der Waals surface area contributed by atoms with Crippen LogP contribution < -0.4 is 10.1 Å². The summed E-state index contributed by atoms with van der Waals surface area (Å²) >= 11 is 0. The second-order valence-corrected chi connectivity index (χ2v) is 5.02. The summed E-state index contributed by atoms with van der Waals surface area (Å²) in [6.45, 7) is 0.919. The number of benzene rings is 2. The Labute approximate surface area is 114 Å². The summed E-state index contributed by atoms with van der Waals surface area (Å²) < 4.78 is 5.32. The van der Waals surface area contributed by atoms with E-state index in [4.69, 9.17) is 4.74 Å². The summed E-state index contributed by atoms with van der Waals surface area (Å²) in [6.07, 6.45) is 2.33. The summed E-state index contributed by atoms with van der Waals surface area (Å²) in [5.41, 5.74) is 4.18. The van der Waals surface area contributed by atoms with Crippen LogP contribution in [-0.2, 0) is 13.0 Å². The van der Waals surface area contributed by atoms with E-state index in [9.17, 15) is 0 Å². The molecule has 0 heterocycles. The van der Waals surface area contributed by atoms with E-state index in [0.717, 1.165) is 18.7 Å². The van der Waals surface area contributed by atoms with Crippen LogP contribution in [0.1, 0.15) is 29.2 Å². The van der Waals surface area contributed by atoms with E-state index in [2.05, 4.69) is 53.8 Å². The summed E-state index contributed by atoms with van der Waals surface area (Å²) in [5.74, 6) is 0.951. The number of hydrogen-bond acceptors (Lipinski definition) is 2. The van der Waals surface area contributed by atoms with Crippen LogP contribution in [0.3, 0.4) is 0 Å². The van der Waals surface area contributed by atoms with Gasteiger partial charge in [-0.3, -0.25) is 0 Å². The van der Waals surface area contributed by atoms with Gasteiger partial charge in [0.15, 0.2) is 0 Å². The predicted molar refractivity (Wildman–Crippen MR) is 77.3 cm³/mol. The first-order valence-corrected chi connectivity index (χ1v) is 6.81. The average molecular weight is 253 g/mol. The molecule has 0 aliphatic heterocycles. The van der Waals surface area contributed by atoms with Crippen LogP contribution in [0.25, 0.3) is 0 Å². The highest BCUT2D eigenvalue weighted by atomic mass is 16.5. The minimum Gasteiger partial charge on any atom is -0.497 e. The lowest BCUT2D eigenvalue weighted by Crippen LogP contribution is -2.18. The Kier molecular flexibility index (Phi) is 3.51. The summed E-state index contributed by atoms with van der Waals surface area (Å²) in [5, 5.41) is 3.65. The summed E-state index contributed by atoms with van der Waals surface area (Å²) in [7, 11) is 1.73. The van der Waals surface area contributed by atoms with Crippen LogP contribution in [0, 0.1) is 0 Å². The summed E-state index contributed by atoms with van der Waals surface area (Å²) in [4.78, 5) is 0. The molecule has 2 nitrogen and oxygen atoms in total. The number of hydrogen-bond donors (Lipinski definition) is 1. The van der Waals surface area contributed by atoms with Gasteiger partial charge in [-0.25, -0.2) is 0 Å². The van der Waals surface area contributed by atoms with Crippen LogP contribution in [0.15, 0.2) is 48.5 Å². The number of fused-ring (bicyclic) bond motifs is 1. The van der Waals surface area contributed by atoms with Crippen molar-refractivity contribution in [2.75, 3.05) is 7.11 Å². The molecule has 98 valence electrons. The molecule has 2 heteroatoms. The highest BCUT2D eigenvalue weighted by Crippen LogP contribution is 2.33. The third-order valence-corrected chi connectivity index (χ3v) is 3.83. The van der Waals surface area contributed by atoms with Crippen LogP contribution in [0.2, 0.25) is 0 Å². The van der Waals surface area contributed by atoms with Gasteiger partial charge in [0.05, 0.1) is 7.11 Å². The maximum absolute atomic E-state index is 5.32. The Morgan fingerprint density at radius 2 is 2.00 bits per heavy atom. The molecule has 0 fully saturated rings. The highest BCUT2D eigenvalue weighted by Gasteiger charge is 2.22. The molecular weight excluding hydrogens is 234 g/mol. The maximum Gasteiger partial charge on any atom is 0.119 e. The second-order valence-electron chi connectivity index (χ2n) is 5.02. The predicted octanol–water partition coefficient (Wildman–Crippen LogP) is 3.47. The van der Waals surface area contributed by atoms with Gasteiger partial charge in [0.25, 0.3) is 0 Å². The Morgan fingerprint density at radius 1 is 1.16 bits per heavy atom. The Hall–Kier alpha value is -1.80. The van der Waals surface area contributed by atoms with Gasteiger partial charge in [-0.05, 0) is 41.7 Å². The normalized spacial score (nSPS) is 17.2. The Bertz CT molecular complexity index is 550. The van der Waals surface area contributed by atoms with Crippen LogP contribution in [0.5, 0.6) is 5.75 Å². The number of nitrogens with one attached hydrogen (secondary N) is 1. The van der Waals surface area contributed by atoms with Gasteiger partial charge in [0, 0.05) is 12.6 Å². The molecule has 0 amide bonds. The monoisotopic (exact) mass is 253 g/mol. The lowest BCUT2D eigenvalue weighted by Gasteiger charge is -2.15. The lowest BCUT2D eigenvalue weighted by atomic mass is 10.1. The van der Waals surface area contributed by atoms with Gasteiger partial charge in [0.1, 0.15) is 5.75 Å². The van der Waals surface area contributed by atoms with E-state index >= 15 is 0 Å². The van der Waals surface area contributed by atoms with Gasteiger partial charge < -0.3 is 10.1 Å². The van der Waals surface area contributed by atoms with Crippen molar-refractivity contribution in [1.29, 1.82) is 0 Å². The van der Waals surface area contributed by atoms with Crippen molar-refractivity contribution in [1.82, 2.24) is 5.32 Å². The lowest BCUT2D eigenvalue weighted by molar-refractivity contribution is 0.413. The first-order valence-electron chi connectivity index (χ1n) is 6.81. The molecule has 0 saturated carbocycles. The van der Waals surface area contributed by atoms with Crippen LogP contribution in [-0.4, -0.2) is 7.11 Å². The van der Waals surface area contributed by atoms with Crippen LogP contribution in [0.4, 0.5) is 0 Å². The third kappa shape index (κ3) is 2.64. The van der Waals surface area contributed by atoms with E-state index in [1.165, 1.54) is 23.1 Å². The minimum absolute atomic E-state index is 0.449. The Morgan fingerprint density at radius 3 is 2.79 bits per heavy atom. The molecule has 0 aromatic heterocycles. The van der Waals surface area contributed by atoms with E-state index in [0.29, 0.717) is 6.04 Å². The van der Waals surface area contributed by atoms with E-state index in [1.54, 1.807) is 7.11 Å². The Balaban J connectivity index is 1.72. The SMILES string of the molecule is COc1ccc2c(c1)C(NCc1ccccc1)CC2. The van der Waals surface area contributed by atoms with Crippen molar-refractivity contribution in [2.45, 2.75) is 25.4 Å². The first kappa shape index (κ1) is 12.2. The van der Waals surface area contributed by atoms with Crippen molar-refractivity contribution >= 4 is 0 Å². The molecule has 3 rings (SSSR count). The quantitative estimate of drug-likeness (QED) is 0.900. The fourth-order valence-corrected chi connectivity index (χ4v) is 2.76. The molecule has 19 heavy (non-hydrogen) atoms. The van der Waals surface area contributed by atoms with E-state index in [-0.39, 0.29) is 0 Å². The zero-order valence-corrected chi connectivity index (χ0v) is 11.2. The molecule has 2 aromatic rings. The molecule has 0 spiro atoms. The van der Waals surface area contributed by atoms with Gasteiger partial charge in [-0.15, -0.1) is 0 Å². The minimum atomic E-state index is 0.449. The molecule has 0 saturated heterocycles. The number of methoxy groups -OCH3 is 1. The number of aryl methyl sites for hydroxylation is 1. The van der Waals surface area contributed by atoms with Gasteiger partial charge in [0.2, 0.25) is 0 Å². The van der Waals surface area contributed by atoms with Crippen molar-refractivity contribution in [3.8, 4) is 5.75 Å². The molecule has 1 aliphatic carbocycles.